The van der Waals surface area contributed by atoms with Crippen molar-refractivity contribution >= 4 is 33.3 Å². The van der Waals surface area contributed by atoms with Gasteiger partial charge in [-0.05, 0) is 25.3 Å². The number of hydrogen-bond acceptors (Lipinski definition) is 5. The first-order valence-corrected chi connectivity index (χ1v) is 7.04. The van der Waals surface area contributed by atoms with Crippen molar-refractivity contribution in [3.63, 3.8) is 0 Å². The minimum Gasteiger partial charge on any atom is -0.390 e. The van der Waals surface area contributed by atoms with E-state index in [4.69, 9.17) is 0 Å². The first-order valence-electron chi connectivity index (χ1n) is 5.18. The highest BCUT2D eigenvalue weighted by molar-refractivity contribution is 7.99. The number of thioether (sulfide) groups is 1. The van der Waals surface area contributed by atoms with Crippen LogP contribution in [0.1, 0.15) is 13.8 Å². The second-order valence-electron chi connectivity index (χ2n) is 4.50. The Morgan fingerprint density at radius 2 is 2.29 bits per heavy atom. The van der Waals surface area contributed by atoms with Gasteiger partial charge >= 0.3 is 0 Å². The third-order valence-electron chi connectivity index (χ3n) is 2.22. The molecule has 0 radical (unpaired) electrons. The number of nitrogens with zero attached hydrogens (tertiary/aromatic N) is 2. The van der Waals surface area contributed by atoms with Crippen LogP contribution in [0.25, 0.3) is 10.2 Å². The van der Waals surface area contributed by atoms with Gasteiger partial charge in [0.15, 0.2) is 5.16 Å². The lowest BCUT2D eigenvalue weighted by Gasteiger charge is -2.16. The highest BCUT2D eigenvalue weighted by Gasteiger charge is 2.16. The van der Waals surface area contributed by atoms with E-state index in [9.17, 15) is 9.90 Å². The highest BCUT2D eigenvalue weighted by Crippen LogP contribution is 2.23. The fourth-order valence-corrected chi connectivity index (χ4v) is 3.08. The van der Waals surface area contributed by atoms with Crippen molar-refractivity contribution in [3.8, 4) is 0 Å². The van der Waals surface area contributed by atoms with Crippen molar-refractivity contribution in [2.75, 3.05) is 5.75 Å². The van der Waals surface area contributed by atoms with E-state index in [0.717, 1.165) is 4.83 Å². The number of aliphatic hydroxyl groups is 1. The molecule has 2 aromatic heterocycles. The first kappa shape index (κ1) is 12.6. The number of hydrogen-bond donors (Lipinski definition) is 1. The molecular formula is C11H14N2O2S2. The Balaban J connectivity index is 2.41. The maximum atomic E-state index is 12.0. The van der Waals surface area contributed by atoms with Gasteiger partial charge in [0.05, 0.1) is 11.0 Å². The second kappa shape index (κ2) is 4.44. The molecule has 0 aromatic carbocycles. The van der Waals surface area contributed by atoms with E-state index in [1.165, 1.54) is 27.7 Å². The van der Waals surface area contributed by atoms with Gasteiger partial charge in [0.2, 0.25) is 0 Å². The van der Waals surface area contributed by atoms with Gasteiger partial charge < -0.3 is 5.11 Å². The van der Waals surface area contributed by atoms with Crippen LogP contribution >= 0.6 is 23.1 Å². The number of rotatable bonds is 3. The zero-order valence-corrected chi connectivity index (χ0v) is 11.6. The summed E-state index contributed by atoms with van der Waals surface area (Å²) in [6.45, 7) is 3.48. The molecule has 2 rings (SSSR count). The van der Waals surface area contributed by atoms with Crippen molar-refractivity contribution in [1.82, 2.24) is 9.55 Å². The zero-order chi connectivity index (χ0) is 12.6. The largest absolute Gasteiger partial charge is 0.390 e. The molecule has 0 amide bonds. The monoisotopic (exact) mass is 270 g/mol. The molecule has 92 valence electrons. The van der Waals surface area contributed by atoms with Crippen LogP contribution < -0.4 is 5.56 Å². The van der Waals surface area contributed by atoms with Crippen LogP contribution in [0.15, 0.2) is 21.4 Å². The smallest absolute Gasteiger partial charge is 0.262 e. The second-order valence-corrected chi connectivity index (χ2v) is 6.34. The van der Waals surface area contributed by atoms with Crippen LogP contribution in [0.5, 0.6) is 0 Å². The van der Waals surface area contributed by atoms with E-state index >= 15 is 0 Å². The van der Waals surface area contributed by atoms with Crippen molar-refractivity contribution in [2.45, 2.75) is 24.6 Å². The molecule has 6 heteroatoms. The van der Waals surface area contributed by atoms with Gasteiger partial charge in [0.25, 0.3) is 5.56 Å². The molecule has 0 atom stereocenters. The normalized spacial score (nSPS) is 12.2. The molecule has 2 heterocycles. The SMILES string of the molecule is Cn1c(SCC(C)(C)O)nc2sccc2c1=O. The maximum Gasteiger partial charge on any atom is 0.262 e. The minimum absolute atomic E-state index is 0.0329. The summed E-state index contributed by atoms with van der Waals surface area (Å²) >= 11 is 2.85. The molecule has 0 aliphatic heterocycles. The van der Waals surface area contributed by atoms with Gasteiger partial charge in [-0.2, -0.15) is 0 Å². The quantitative estimate of drug-likeness (QED) is 0.683. The van der Waals surface area contributed by atoms with Crippen LogP contribution in [0.3, 0.4) is 0 Å². The van der Waals surface area contributed by atoms with E-state index in [0.29, 0.717) is 16.3 Å². The summed E-state index contributed by atoms with van der Waals surface area (Å²) in [6, 6.07) is 1.79. The molecule has 0 aliphatic carbocycles. The summed E-state index contributed by atoms with van der Waals surface area (Å²) in [5.41, 5.74) is -0.804. The van der Waals surface area contributed by atoms with Crippen LogP contribution in [-0.2, 0) is 7.05 Å². The summed E-state index contributed by atoms with van der Waals surface area (Å²) in [4.78, 5) is 17.2. The third kappa shape index (κ3) is 2.70. The zero-order valence-electron chi connectivity index (χ0n) is 9.93. The van der Waals surface area contributed by atoms with Gasteiger partial charge in [-0.25, -0.2) is 4.98 Å². The van der Waals surface area contributed by atoms with E-state index < -0.39 is 5.60 Å². The van der Waals surface area contributed by atoms with Crippen molar-refractivity contribution < 1.29 is 5.11 Å². The minimum atomic E-state index is -0.771. The van der Waals surface area contributed by atoms with Crippen LogP contribution in [0.4, 0.5) is 0 Å². The number of thiophene rings is 1. The Bertz CT molecular complexity index is 596. The molecule has 1 N–H and O–H groups in total. The van der Waals surface area contributed by atoms with Crippen molar-refractivity contribution in [2.24, 2.45) is 7.05 Å². The van der Waals surface area contributed by atoms with Gasteiger partial charge in [-0.15, -0.1) is 11.3 Å². The summed E-state index contributed by atoms with van der Waals surface area (Å²) in [5.74, 6) is 0.504. The lowest BCUT2D eigenvalue weighted by atomic mass is 10.2. The fraction of sp³-hybridized carbons (Fsp3) is 0.455. The first-order chi connectivity index (χ1) is 7.88. The van der Waals surface area contributed by atoms with Crippen LogP contribution in [0, 0.1) is 0 Å². The molecule has 4 nitrogen and oxygen atoms in total. The summed E-state index contributed by atoms with van der Waals surface area (Å²) in [7, 11) is 1.71. The Labute approximate surface area is 107 Å². The van der Waals surface area contributed by atoms with E-state index in [1.54, 1.807) is 27.0 Å². The van der Waals surface area contributed by atoms with Gasteiger partial charge in [0.1, 0.15) is 4.83 Å². The Hall–Kier alpha value is -0.850. The lowest BCUT2D eigenvalue weighted by molar-refractivity contribution is 0.107. The van der Waals surface area contributed by atoms with Crippen molar-refractivity contribution in [1.29, 1.82) is 0 Å². The van der Waals surface area contributed by atoms with Gasteiger partial charge in [-0.3, -0.25) is 9.36 Å². The van der Waals surface area contributed by atoms with E-state index in [-0.39, 0.29) is 5.56 Å². The average Bonchev–Trinajstić information content (AvgIpc) is 2.68. The molecule has 0 saturated heterocycles. The van der Waals surface area contributed by atoms with Crippen molar-refractivity contribution in [3.05, 3.63) is 21.8 Å². The third-order valence-corrected chi connectivity index (χ3v) is 4.50. The number of aromatic nitrogens is 2. The molecule has 0 saturated carbocycles. The molecule has 2 aromatic rings. The van der Waals surface area contributed by atoms with Gasteiger partial charge in [-0.1, -0.05) is 11.8 Å². The Morgan fingerprint density at radius 3 is 2.94 bits per heavy atom. The molecule has 0 bridgehead atoms. The Morgan fingerprint density at radius 1 is 1.59 bits per heavy atom. The van der Waals surface area contributed by atoms with E-state index in [1.807, 2.05) is 5.38 Å². The summed E-state index contributed by atoms with van der Waals surface area (Å²) in [5, 5.41) is 12.8. The molecule has 0 spiro atoms. The summed E-state index contributed by atoms with van der Waals surface area (Å²) < 4.78 is 1.53. The average molecular weight is 270 g/mol. The fourth-order valence-electron chi connectivity index (χ4n) is 1.35. The Kier molecular flexibility index (Phi) is 3.29. The van der Waals surface area contributed by atoms with Crippen LogP contribution in [-0.4, -0.2) is 26.0 Å². The topological polar surface area (TPSA) is 55.1 Å². The maximum absolute atomic E-state index is 12.0. The predicted octanol–water partition coefficient (Wildman–Crippen LogP) is 1.86. The molecule has 0 aliphatic rings. The van der Waals surface area contributed by atoms with Gasteiger partial charge in [0, 0.05) is 12.8 Å². The molecule has 0 fully saturated rings. The molecular weight excluding hydrogens is 256 g/mol. The van der Waals surface area contributed by atoms with E-state index in [2.05, 4.69) is 4.98 Å². The molecule has 17 heavy (non-hydrogen) atoms. The summed E-state index contributed by atoms with van der Waals surface area (Å²) in [6.07, 6.45) is 0. The predicted molar refractivity (Wildman–Crippen MR) is 71.9 cm³/mol. The lowest BCUT2D eigenvalue weighted by Crippen LogP contribution is -2.24. The number of fused-ring (bicyclic) bond motifs is 1. The highest BCUT2D eigenvalue weighted by atomic mass is 32.2. The standard InChI is InChI=1S/C11H14N2O2S2/c1-11(2,15)6-17-10-12-8-7(4-5-16-8)9(14)13(10)3/h4-5,15H,6H2,1-3H3. The van der Waals surface area contributed by atoms with Crippen LogP contribution in [0.2, 0.25) is 0 Å². The molecule has 0 unspecified atom stereocenters.